The molecule has 0 unspecified atom stereocenters. The molecule has 194 valence electrons. The van der Waals surface area contributed by atoms with E-state index >= 15 is 0 Å². The number of nitro groups is 1. The molecule has 1 aromatic heterocycles. The summed E-state index contributed by atoms with van der Waals surface area (Å²) in [6.45, 7) is 8.23. The highest BCUT2D eigenvalue weighted by molar-refractivity contribution is 5.69. The Bertz CT molecular complexity index is 1060. The Balaban J connectivity index is 1.36. The molecule has 1 saturated carbocycles. The van der Waals surface area contributed by atoms with Crippen LogP contribution < -0.4 is 15.5 Å². The fraction of sp³-hybridized carbons (Fsp3) is 0.560. The van der Waals surface area contributed by atoms with E-state index in [2.05, 4.69) is 25.5 Å². The summed E-state index contributed by atoms with van der Waals surface area (Å²) in [4.78, 5) is 35.8. The average Bonchev–Trinajstić information content (AvgIpc) is 2.84. The monoisotopic (exact) mass is 497 g/mol. The van der Waals surface area contributed by atoms with Crippen LogP contribution in [0.2, 0.25) is 0 Å². The van der Waals surface area contributed by atoms with E-state index in [4.69, 9.17) is 4.74 Å². The van der Waals surface area contributed by atoms with Gasteiger partial charge in [-0.3, -0.25) is 10.1 Å². The predicted molar refractivity (Wildman–Crippen MR) is 139 cm³/mol. The van der Waals surface area contributed by atoms with Gasteiger partial charge in [0.1, 0.15) is 11.8 Å². The second kappa shape index (κ2) is 11.0. The van der Waals surface area contributed by atoms with Gasteiger partial charge in [-0.1, -0.05) is 19.3 Å². The molecule has 0 atom stereocenters. The Morgan fingerprint density at radius 1 is 1.08 bits per heavy atom. The summed E-state index contributed by atoms with van der Waals surface area (Å²) in [6.07, 6.45) is 6.37. The minimum absolute atomic E-state index is 0.119. The van der Waals surface area contributed by atoms with Gasteiger partial charge >= 0.3 is 11.8 Å². The normalized spacial score (nSPS) is 17.0. The van der Waals surface area contributed by atoms with E-state index in [1.807, 2.05) is 45.0 Å². The summed E-state index contributed by atoms with van der Waals surface area (Å²) in [5.74, 6) is 0.557. The Hall–Kier alpha value is -3.63. The van der Waals surface area contributed by atoms with Crippen LogP contribution in [0.5, 0.6) is 0 Å². The smallest absolute Gasteiger partial charge is 0.410 e. The summed E-state index contributed by atoms with van der Waals surface area (Å²) in [6, 6.07) is 8.04. The minimum atomic E-state index is -0.503. The molecule has 1 aliphatic heterocycles. The van der Waals surface area contributed by atoms with Gasteiger partial charge in [0.25, 0.3) is 0 Å². The van der Waals surface area contributed by atoms with Gasteiger partial charge < -0.3 is 25.2 Å². The lowest BCUT2D eigenvalue weighted by Gasteiger charge is -2.36. The zero-order valence-electron chi connectivity index (χ0n) is 21.2. The largest absolute Gasteiger partial charge is 0.444 e. The van der Waals surface area contributed by atoms with Crippen LogP contribution in [0.3, 0.4) is 0 Å². The van der Waals surface area contributed by atoms with Crippen molar-refractivity contribution in [3.63, 3.8) is 0 Å². The van der Waals surface area contributed by atoms with Gasteiger partial charge in [0.05, 0.1) is 4.92 Å². The van der Waals surface area contributed by atoms with Crippen LogP contribution in [-0.4, -0.2) is 63.7 Å². The lowest BCUT2D eigenvalue weighted by Crippen LogP contribution is -2.50. The molecule has 0 radical (unpaired) electrons. The first-order valence-corrected chi connectivity index (χ1v) is 12.6. The van der Waals surface area contributed by atoms with Crippen LogP contribution >= 0.6 is 0 Å². The molecule has 0 bridgehead atoms. The van der Waals surface area contributed by atoms with Crippen molar-refractivity contribution in [3.8, 4) is 0 Å². The van der Waals surface area contributed by atoms with E-state index in [9.17, 15) is 14.9 Å². The van der Waals surface area contributed by atoms with Crippen LogP contribution in [0, 0.1) is 10.1 Å². The van der Waals surface area contributed by atoms with E-state index in [1.54, 1.807) is 4.90 Å². The highest BCUT2D eigenvalue weighted by atomic mass is 16.6. The number of amides is 1. The number of piperazine rings is 1. The second-order valence-corrected chi connectivity index (χ2v) is 10.3. The van der Waals surface area contributed by atoms with Gasteiger partial charge in [0, 0.05) is 43.6 Å². The lowest BCUT2D eigenvalue weighted by atomic mass is 9.95. The van der Waals surface area contributed by atoms with Crippen LogP contribution in [0.1, 0.15) is 52.9 Å². The Morgan fingerprint density at radius 3 is 2.36 bits per heavy atom. The SMILES string of the molecule is CC(C)(C)OC(=O)N1CCN(c2ccc(Nc3ncc([N+](=O)[O-])c(NC4CCCCC4)n3)cc2)CC1. The van der Waals surface area contributed by atoms with Crippen molar-refractivity contribution in [1.29, 1.82) is 0 Å². The summed E-state index contributed by atoms with van der Waals surface area (Å²) in [5.41, 5.74) is 1.21. The standard InChI is InChI=1S/C25H35N7O4/c1-25(2,3)36-24(33)31-15-13-30(14-16-31)20-11-9-19(10-12-20)28-23-26-17-21(32(34)35)22(29-23)27-18-7-5-4-6-8-18/h9-12,17-18H,4-8,13-16H2,1-3H3,(H2,26,27,28,29). The van der Waals surface area contributed by atoms with Crippen molar-refractivity contribution in [3.05, 3.63) is 40.6 Å². The number of rotatable bonds is 6. The molecular weight excluding hydrogens is 462 g/mol. The first-order chi connectivity index (χ1) is 17.2. The average molecular weight is 498 g/mol. The van der Waals surface area contributed by atoms with Gasteiger partial charge in [-0.05, 0) is 57.9 Å². The summed E-state index contributed by atoms with van der Waals surface area (Å²) < 4.78 is 5.47. The third-order valence-corrected chi connectivity index (χ3v) is 6.33. The van der Waals surface area contributed by atoms with Gasteiger partial charge in [-0.15, -0.1) is 0 Å². The number of nitrogens with one attached hydrogen (secondary N) is 2. The molecule has 2 N–H and O–H groups in total. The Morgan fingerprint density at radius 2 is 1.75 bits per heavy atom. The van der Waals surface area contributed by atoms with Gasteiger partial charge in [-0.25, -0.2) is 9.78 Å². The number of carbonyl (C=O) groups excluding carboxylic acids is 1. The van der Waals surface area contributed by atoms with Crippen molar-refractivity contribution < 1.29 is 14.5 Å². The molecule has 2 heterocycles. The molecule has 1 amide bonds. The summed E-state index contributed by atoms with van der Waals surface area (Å²) in [7, 11) is 0. The van der Waals surface area contributed by atoms with E-state index in [0.29, 0.717) is 32.1 Å². The van der Waals surface area contributed by atoms with Crippen molar-refractivity contribution in [1.82, 2.24) is 14.9 Å². The molecule has 2 aliphatic rings. The van der Waals surface area contributed by atoms with E-state index in [1.165, 1.54) is 12.6 Å². The zero-order chi connectivity index (χ0) is 25.7. The molecule has 1 aromatic carbocycles. The van der Waals surface area contributed by atoms with Crippen molar-refractivity contribution >= 4 is 34.9 Å². The first-order valence-electron chi connectivity index (χ1n) is 12.6. The highest BCUT2D eigenvalue weighted by Crippen LogP contribution is 2.28. The summed E-state index contributed by atoms with van der Waals surface area (Å²) in [5, 5.41) is 17.9. The molecule has 1 saturated heterocycles. The molecule has 4 rings (SSSR count). The predicted octanol–water partition coefficient (Wildman–Crippen LogP) is 4.93. The molecule has 1 aliphatic carbocycles. The van der Waals surface area contributed by atoms with Crippen molar-refractivity contribution in [2.45, 2.75) is 64.5 Å². The summed E-state index contributed by atoms with van der Waals surface area (Å²) >= 11 is 0. The number of anilines is 4. The number of hydrogen-bond donors (Lipinski definition) is 2. The number of carbonyl (C=O) groups is 1. The number of hydrogen-bond acceptors (Lipinski definition) is 9. The van der Waals surface area contributed by atoms with E-state index < -0.39 is 10.5 Å². The number of aromatic nitrogens is 2. The Kier molecular flexibility index (Phi) is 7.76. The fourth-order valence-corrected chi connectivity index (χ4v) is 4.47. The Labute approximate surface area is 211 Å². The van der Waals surface area contributed by atoms with E-state index in [-0.39, 0.29) is 23.6 Å². The lowest BCUT2D eigenvalue weighted by molar-refractivity contribution is -0.384. The van der Waals surface area contributed by atoms with Gasteiger partial charge in [0.15, 0.2) is 0 Å². The minimum Gasteiger partial charge on any atom is -0.444 e. The van der Waals surface area contributed by atoms with Gasteiger partial charge in [0.2, 0.25) is 11.8 Å². The molecule has 11 nitrogen and oxygen atoms in total. The molecule has 36 heavy (non-hydrogen) atoms. The zero-order valence-corrected chi connectivity index (χ0v) is 21.2. The van der Waals surface area contributed by atoms with Gasteiger partial charge in [-0.2, -0.15) is 4.98 Å². The second-order valence-electron chi connectivity index (χ2n) is 10.3. The van der Waals surface area contributed by atoms with E-state index in [0.717, 1.165) is 37.1 Å². The van der Waals surface area contributed by atoms with Crippen LogP contribution in [0.4, 0.5) is 33.6 Å². The van der Waals surface area contributed by atoms with Crippen molar-refractivity contribution in [2.24, 2.45) is 0 Å². The molecule has 11 heteroatoms. The third kappa shape index (κ3) is 6.73. The maximum Gasteiger partial charge on any atom is 0.410 e. The fourth-order valence-electron chi connectivity index (χ4n) is 4.47. The quantitative estimate of drug-likeness (QED) is 0.422. The maximum absolute atomic E-state index is 12.3. The molecular formula is C25H35N7O4. The highest BCUT2D eigenvalue weighted by Gasteiger charge is 2.26. The molecule has 2 fully saturated rings. The van der Waals surface area contributed by atoms with Crippen LogP contribution in [0.15, 0.2) is 30.5 Å². The molecule has 0 spiro atoms. The number of benzene rings is 1. The first kappa shape index (κ1) is 25.5. The van der Waals surface area contributed by atoms with Crippen LogP contribution in [0.25, 0.3) is 0 Å². The van der Waals surface area contributed by atoms with Crippen LogP contribution in [-0.2, 0) is 4.74 Å². The number of ether oxygens (including phenoxy) is 1. The topological polar surface area (TPSA) is 126 Å². The maximum atomic E-state index is 12.3. The third-order valence-electron chi connectivity index (χ3n) is 6.33. The van der Waals surface area contributed by atoms with Crippen molar-refractivity contribution in [2.75, 3.05) is 41.7 Å². The number of nitrogens with zero attached hydrogens (tertiary/aromatic N) is 5. The molecule has 2 aromatic rings.